The second-order valence-corrected chi connectivity index (χ2v) is 5.10. The molecule has 0 aliphatic heterocycles. The van der Waals surface area contributed by atoms with E-state index in [0.29, 0.717) is 5.56 Å². The van der Waals surface area contributed by atoms with Crippen molar-refractivity contribution in [2.45, 2.75) is 38.1 Å². The molecule has 0 radical (unpaired) electrons. The molecule has 0 aromatic heterocycles. The summed E-state index contributed by atoms with van der Waals surface area (Å²) in [7, 11) is 0. The Bertz CT molecular complexity index is 438. The molecule has 0 bridgehead atoms. The van der Waals surface area contributed by atoms with E-state index in [1.807, 2.05) is 12.1 Å². The maximum Gasteiger partial charge on any atom is 0.336 e. The van der Waals surface area contributed by atoms with Crippen molar-refractivity contribution < 1.29 is 9.90 Å². The van der Waals surface area contributed by atoms with E-state index in [2.05, 4.69) is 13.8 Å². The Morgan fingerprint density at radius 3 is 2.81 bits per heavy atom. The number of carboxylic acids is 1. The van der Waals surface area contributed by atoms with Crippen LogP contribution in [0.1, 0.15) is 54.2 Å². The molecule has 86 valence electrons. The van der Waals surface area contributed by atoms with Gasteiger partial charge in [-0.1, -0.05) is 26.0 Å². The van der Waals surface area contributed by atoms with Gasteiger partial charge < -0.3 is 10.8 Å². The summed E-state index contributed by atoms with van der Waals surface area (Å²) in [6.45, 7) is 4.28. The molecule has 1 aliphatic carbocycles. The number of benzene rings is 1. The van der Waals surface area contributed by atoms with Crippen LogP contribution in [0.2, 0.25) is 0 Å². The van der Waals surface area contributed by atoms with Gasteiger partial charge in [-0.05, 0) is 35.4 Å². The third-order valence-corrected chi connectivity index (χ3v) is 3.52. The van der Waals surface area contributed by atoms with Gasteiger partial charge in [-0.15, -0.1) is 0 Å². The predicted octanol–water partition coefficient (Wildman–Crippen LogP) is 2.46. The monoisotopic (exact) mass is 219 g/mol. The molecule has 0 heterocycles. The lowest BCUT2D eigenvalue weighted by atomic mass is 9.70. The van der Waals surface area contributed by atoms with E-state index in [-0.39, 0.29) is 11.5 Å². The highest BCUT2D eigenvalue weighted by Crippen LogP contribution is 2.41. The van der Waals surface area contributed by atoms with E-state index in [0.717, 1.165) is 24.0 Å². The fourth-order valence-electron chi connectivity index (χ4n) is 2.54. The van der Waals surface area contributed by atoms with Crippen LogP contribution >= 0.6 is 0 Å². The first-order chi connectivity index (χ1) is 7.43. The van der Waals surface area contributed by atoms with Crippen molar-refractivity contribution in [2.24, 2.45) is 5.73 Å². The van der Waals surface area contributed by atoms with E-state index >= 15 is 0 Å². The maximum atomic E-state index is 11.2. The van der Waals surface area contributed by atoms with Crippen LogP contribution in [0.25, 0.3) is 0 Å². The molecular formula is C13H17NO2. The van der Waals surface area contributed by atoms with Crippen LogP contribution in [-0.4, -0.2) is 11.1 Å². The highest BCUT2D eigenvalue weighted by molar-refractivity contribution is 5.90. The van der Waals surface area contributed by atoms with Gasteiger partial charge in [0.05, 0.1) is 5.56 Å². The Morgan fingerprint density at radius 1 is 1.50 bits per heavy atom. The van der Waals surface area contributed by atoms with Gasteiger partial charge in [0.1, 0.15) is 0 Å². The Balaban J connectivity index is 2.67. The molecule has 0 amide bonds. The standard InChI is InChI=1S/C13H17NO2/c1-13(2)7-6-10(14)11-8(12(15)16)4-3-5-9(11)13/h3-5,10H,6-7,14H2,1-2H3,(H,15,16). The lowest BCUT2D eigenvalue weighted by molar-refractivity contribution is 0.0694. The first-order valence-electron chi connectivity index (χ1n) is 5.56. The molecule has 16 heavy (non-hydrogen) atoms. The molecule has 1 aliphatic rings. The number of nitrogens with two attached hydrogens (primary N) is 1. The van der Waals surface area contributed by atoms with Crippen LogP contribution in [0.15, 0.2) is 18.2 Å². The van der Waals surface area contributed by atoms with E-state index in [4.69, 9.17) is 5.73 Å². The summed E-state index contributed by atoms with van der Waals surface area (Å²) < 4.78 is 0. The average Bonchev–Trinajstić information content (AvgIpc) is 2.23. The molecule has 2 rings (SSSR count). The van der Waals surface area contributed by atoms with Crippen molar-refractivity contribution in [1.29, 1.82) is 0 Å². The van der Waals surface area contributed by atoms with Crippen LogP contribution in [0, 0.1) is 0 Å². The lowest BCUT2D eigenvalue weighted by Gasteiger charge is -2.36. The summed E-state index contributed by atoms with van der Waals surface area (Å²) in [5.74, 6) is -0.884. The number of rotatable bonds is 1. The van der Waals surface area contributed by atoms with Gasteiger partial charge in [-0.2, -0.15) is 0 Å². The minimum Gasteiger partial charge on any atom is -0.478 e. The van der Waals surface area contributed by atoms with E-state index < -0.39 is 5.97 Å². The molecule has 3 heteroatoms. The molecule has 0 saturated carbocycles. The number of carboxylic acid groups (broad SMARTS) is 1. The largest absolute Gasteiger partial charge is 0.478 e. The number of fused-ring (bicyclic) bond motifs is 1. The summed E-state index contributed by atoms with van der Waals surface area (Å²) in [6.07, 6.45) is 1.86. The summed E-state index contributed by atoms with van der Waals surface area (Å²) in [4.78, 5) is 11.2. The zero-order valence-electron chi connectivity index (χ0n) is 9.66. The Labute approximate surface area is 95.3 Å². The average molecular weight is 219 g/mol. The summed E-state index contributed by atoms with van der Waals surface area (Å²) >= 11 is 0. The van der Waals surface area contributed by atoms with Gasteiger partial charge in [0.25, 0.3) is 0 Å². The maximum absolute atomic E-state index is 11.2. The number of hydrogen-bond donors (Lipinski definition) is 2. The van der Waals surface area contributed by atoms with Crippen LogP contribution in [0.5, 0.6) is 0 Å². The van der Waals surface area contributed by atoms with Crippen LogP contribution in [-0.2, 0) is 5.41 Å². The van der Waals surface area contributed by atoms with Gasteiger partial charge in [0, 0.05) is 6.04 Å². The first kappa shape index (κ1) is 11.1. The smallest absolute Gasteiger partial charge is 0.336 e. The zero-order valence-corrected chi connectivity index (χ0v) is 9.66. The quantitative estimate of drug-likeness (QED) is 0.762. The topological polar surface area (TPSA) is 63.3 Å². The van der Waals surface area contributed by atoms with Gasteiger partial charge in [0.2, 0.25) is 0 Å². The molecular weight excluding hydrogens is 202 g/mol. The zero-order chi connectivity index (χ0) is 11.9. The number of carbonyl (C=O) groups is 1. The second kappa shape index (κ2) is 3.59. The third-order valence-electron chi connectivity index (χ3n) is 3.52. The Kier molecular flexibility index (Phi) is 2.50. The van der Waals surface area contributed by atoms with Crippen molar-refractivity contribution in [3.8, 4) is 0 Å². The first-order valence-corrected chi connectivity index (χ1v) is 5.56. The summed E-state index contributed by atoms with van der Waals surface area (Å²) in [5.41, 5.74) is 8.34. The minimum atomic E-state index is -0.884. The summed E-state index contributed by atoms with van der Waals surface area (Å²) in [6, 6.07) is 5.31. The fourth-order valence-corrected chi connectivity index (χ4v) is 2.54. The van der Waals surface area contributed by atoms with Gasteiger partial charge in [0.15, 0.2) is 0 Å². The van der Waals surface area contributed by atoms with Gasteiger partial charge >= 0.3 is 5.97 Å². The molecule has 1 aromatic carbocycles. The lowest BCUT2D eigenvalue weighted by Crippen LogP contribution is -2.31. The van der Waals surface area contributed by atoms with Gasteiger partial charge in [-0.25, -0.2) is 4.79 Å². The van der Waals surface area contributed by atoms with Crippen molar-refractivity contribution in [1.82, 2.24) is 0 Å². The number of aromatic carboxylic acids is 1. The van der Waals surface area contributed by atoms with Crippen LogP contribution in [0.4, 0.5) is 0 Å². The SMILES string of the molecule is CC1(C)CCC(N)c2c(C(=O)O)cccc21. The van der Waals surface area contributed by atoms with Crippen molar-refractivity contribution >= 4 is 5.97 Å². The Hall–Kier alpha value is -1.35. The van der Waals surface area contributed by atoms with Crippen molar-refractivity contribution in [2.75, 3.05) is 0 Å². The normalized spacial score (nSPS) is 22.6. The molecule has 1 atom stereocenters. The fraction of sp³-hybridized carbons (Fsp3) is 0.462. The molecule has 3 N–H and O–H groups in total. The van der Waals surface area contributed by atoms with Crippen molar-refractivity contribution in [3.05, 3.63) is 34.9 Å². The van der Waals surface area contributed by atoms with E-state index in [1.54, 1.807) is 6.07 Å². The second-order valence-electron chi connectivity index (χ2n) is 5.10. The van der Waals surface area contributed by atoms with E-state index in [9.17, 15) is 9.90 Å². The van der Waals surface area contributed by atoms with Crippen molar-refractivity contribution in [3.63, 3.8) is 0 Å². The van der Waals surface area contributed by atoms with E-state index in [1.165, 1.54) is 0 Å². The number of hydrogen-bond acceptors (Lipinski definition) is 2. The van der Waals surface area contributed by atoms with Crippen LogP contribution in [0.3, 0.4) is 0 Å². The molecule has 0 saturated heterocycles. The molecule has 1 aromatic rings. The highest BCUT2D eigenvalue weighted by Gasteiger charge is 2.33. The molecule has 3 nitrogen and oxygen atoms in total. The molecule has 0 spiro atoms. The van der Waals surface area contributed by atoms with Crippen LogP contribution < -0.4 is 5.73 Å². The predicted molar refractivity (Wildman–Crippen MR) is 62.6 cm³/mol. The van der Waals surface area contributed by atoms with Gasteiger partial charge in [-0.3, -0.25) is 0 Å². The molecule has 1 unspecified atom stereocenters. The minimum absolute atomic E-state index is 0.0245. The Morgan fingerprint density at radius 2 is 2.19 bits per heavy atom. The highest BCUT2D eigenvalue weighted by atomic mass is 16.4. The molecule has 0 fully saturated rings. The third kappa shape index (κ3) is 1.61. The summed E-state index contributed by atoms with van der Waals surface area (Å²) in [5, 5.41) is 9.17.